The molecule has 0 radical (unpaired) electrons. The minimum absolute atomic E-state index is 0.453. The molecule has 0 unspecified atom stereocenters. The third kappa shape index (κ3) is 4.74. The Bertz CT molecular complexity index is 817. The summed E-state index contributed by atoms with van der Waals surface area (Å²) in [7, 11) is 0. The Morgan fingerprint density at radius 3 is 2.25 bits per heavy atom. The van der Waals surface area contributed by atoms with Crippen molar-refractivity contribution in [1.29, 1.82) is 0 Å². The fraction of sp³-hybridized carbons (Fsp3) is 0.0588. The summed E-state index contributed by atoms with van der Waals surface area (Å²) in [6.45, 7) is 0.636. The second-order valence-corrected chi connectivity index (χ2v) is 6.34. The normalized spacial score (nSPS) is 10.5. The van der Waals surface area contributed by atoms with Crippen LogP contribution in [0.25, 0.3) is 0 Å². The van der Waals surface area contributed by atoms with Gasteiger partial charge in [-0.05, 0) is 42.0 Å². The number of nitrogens with zero attached hydrogens (tertiary/aromatic N) is 2. The van der Waals surface area contributed by atoms with Crippen molar-refractivity contribution in [2.45, 2.75) is 6.54 Å². The molecule has 1 aromatic heterocycles. The standard InChI is InChI=1S/C17H13Cl3N4/c18-12-3-1-11(2-4-12)10-22-16-5-6-21-17(24-16)23-15-8-13(19)7-14(20)9-15/h1-9H,10H2,(H2,21,22,23,24). The quantitative estimate of drug-likeness (QED) is 0.589. The zero-order chi connectivity index (χ0) is 16.9. The first-order valence-electron chi connectivity index (χ1n) is 7.13. The number of rotatable bonds is 5. The maximum atomic E-state index is 5.99. The van der Waals surface area contributed by atoms with Crippen LogP contribution in [0.15, 0.2) is 54.7 Å². The zero-order valence-electron chi connectivity index (χ0n) is 12.4. The lowest BCUT2D eigenvalue weighted by molar-refractivity contribution is 1.08. The van der Waals surface area contributed by atoms with Crippen molar-refractivity contribution in [3.8, 4) is 0 Å². The predicted octanol–water partition coefficient (Wildman–Crippen LogP) is 5.79. The number of nitrogens with one attached hydrogen (secondary N) is 2. The number of benzene rings is 2. The largest absolute Gasteiger partial charge is 0.366 e. The van der Waals surface area contributed by atoms with Crippen LogP contribution in [0.4, 0.5) is 17.5 Å². The number of hydrogen-bond acceptors (Lipinski definition) is 4. The van der Waals surface area contributed by atoms with E-state index in [2.05, 4.69) is 20.6 Å². The average Bonchev–Trinajstić information content (AvgIpc) is 2.54. The summed E-state index contributed by atoms with van der Waals surface area (Å²) in [5.74, 6) is 1.16. The lowest BCUT2D eigenvalue weighted by Gasteiger charge is -2.09. The van der Waals surface area contributed by atoms with E-state index >= 15 is 0 Å². The molecule has 1 heterocycles. The van der Waals surface area contributed by atoms with Crippen molar-refractivity contribution in [2.75, 3.05) is 10.6 Å². The van der Waals surface area contributed by atoms with Crippen LogP contribution in [0.2, 0.25) is 15.1 Å². The monoisotopic (exact) mass is 378 g/mol. The zero-order valence-corrected chi connectivity index (χ0v) is 14.7. The molecule has 2 aromatic carbocycles. The lowest BCUT2D eigenvalue weighted by atomic mass is 10.2. The van der Waals surface area contributed by atoms with Gasteiger partial charge in [-0.3, -0.25) is 0 Å². The van der Waals surface area contributed by atoms with Gasteiger partial charge in [0.1, 0.15) is 5.82 Å². The first-order valence-corrected chi connectivity index (χ1v) is 8.26. The van der Waals surface area contributed by atoms with Gasteiger partial charge in [0.2, 0.25) is 5.95 Å². The van der Waals surface area contributed by atoms with Gasteiger partial charge < -0.3 is 10.6 Å². The number of halogens is 3. The second kappa shape index (κ2) is 7.71. The molecule has 24 heavy (non-hydrogen) atoms. The van der Waals surface area contributed by atoms with Crippen molar-refractivity contribution >= 4 is 52.3 Å². The molecule has 4 nitrogen and oxygen atoms in total. The minimum Gasteiger partial charge on any atom is -0.366 e. The number of aromatic nitrogens is 2. The summed E-state index contributed by atoms with van der Waals surface area (Å²) in [6.07, 6.45) is 1.67. The SMILES string of the molecule is Clc1ccc(CNc2ccnc(Nc3cc(Cl)cc(Cl)c3)n2)cc1. The molecule has 0 aliphatic carbocycles. The molecule has 0 atom stereocenters. The fourth-order valence-corrected chi connectivity index (χ4v) is 2.72. The van der Waals surface area contributed by atoms with Crippen LogP contribution in [0, 0.1) is 0 Å². The highest BCUT2D eigenvalue weighted by atomic mass is 35.5. The van der Waals surface area contributed by atoms with E-state index in [1.54, 1.807) is 30.5 Å². The Hall–Kier alpha value is -2.01. The van der Waals surface area contributed by atoms with E-state index in [-0.39, 0.29) is 0 Å². The summed E-state index contributed by atoms with van der Waals surface area (Å²) in [4.78, 5) is 8.61. The molecule has 3 rings (SSSR count). The Balaban J connectivity index is 1.68. The highest BCUT2D eigenvalue weighted by Gasteiger charge is 2.03. The molecule has 3 aromatic rings. The van der Waals surface area contributed by atoms with E-state index in [1.807, 2.05) is 24.3 Å². The van der Waals surface area contributed by atoms with E-state index in [0.717, 1.165) is 11.3 Å². The maximum absolute atomic E-state index is 5.99. The summed E-state index contributed by atoms with van der Waals surface area (Å²) in [6, 6.07) is 14.6. The molecule has 2 N–H and O–H groups in total. The van der Waals surface area contributed by atoms with Crippen molar-refractivity contribution < 1.29 is 0 Å². The third-order valence-corrected chi connectivity index (χ3v) is 3.85. The molecule has 0 saturated heterocycles. The predicted molar refractivity (Wildman–Crippen MR) is 101 cm³/mol. The van der Waals surface area contributed by atoms with Crippen LogP contribution in [0.5, 0.6) is 0 Å². The van der Waals surface area contributed by atoms with Gasteiger partial charge in [-0.2, -0.15) is 4.98 Å². The molecule has 0 aliphatic rings. The fourth-order valence-electron chi connectivity index (χ4n) is 2.07. The summed E-state index contributed by atoms with van der Waals surface area (Å²) >= 11 is 17.9. The first-order chi connectivity index (χ1) is 11.6. The van der Waals surface area contributed by atoms with E-state index < -0.39 is 0 Å². The molecular weight excluding hydrogens is 367 g/mol. The van der Waals surface area contributed by atoms with Crippen LogP contribution in [0.3, 0.4) is 0 Å². The van der Waals surface area contributed by atoms with E-state index in [4.69, 9.17) is 34.8 Å². The third-order valence-electron chi connectivity index (χ3n) is 3.16. The van der Waals surface area contributed by atoms with Gasteiger partial charge in [0.15, 0.2) is 0 Å². The molecule has 0 saturated carbocycles. The molecule has 0 amide bonds. The van der Waals surface area contributed by atoms with Crippen LogP contribution in [-0.4, -0.2) is 9.97 Å². The molecule has 0 spiro atoms. The second-order valence-electron chi connectivity index (χ2n) is 5.03. The Labute approximate surface area is 154 Å². The molecule has 7 heteroatoms. The molecule has 0 bridgehead atoms. The van der Waals surface area contributed by atoms with Gasteiger partial charge in [0.05, 0.1) is 0 Å². The highest BCUT2D eigenvalue weighted by Crippen LogP contribution is 2.24. The topological polar surface area (TPSA) is 49.8 Å². The number of anilines is 3. The van der Waals surface area contributed by atoms with Crippen molar-refractivity contribution in [3.05, 3.63) is 75.4 Å². The van der Waals surface area contributed by atoms with Crippen molar-refractivity contribution in [2.24, 2.45) is 0 Å². The lowest BCUT2D eigenvalue weighted by Crippen LogP contribution is -2.04. The van der Waals surface area contributed by atoms with Gasteiger partial charge >= 0.3 is 0 Å². The minimum atomic E-state index is 0.453. The van der Waals surface area contributed by atoms with Crippen molar-refractivity contribution in [3.63, 3.8) is 0 Å². The maximum Gasteiger partial charge on any atom is 0.229 e. The van der Waals surface area contributed by atoms with E-state index in [1.165, 1.54) is 0 Å². The molecule has 0 fully saturated rings. The molecule has 0 aliphatic heterocycles. The van der Waals surface area contributed by atoms with Gasteiger partial charge in [-0.1, -0.05) is 46.9 Å². The van der Waals surface area contributed by atoms with Crippen molar-refractivity contribution in [1.82, 2.24) is 9.97 Å². The Kier molecular flexibility index (Phi) is 5.41. The van der Waals surface area contributed by atoms with Gasteiger partial charge in [0.25, 0.3) is 0 Å². The Morgan fingerprint density at radius 2 is 1.54 bits per heavy atom. The first kappa shape index (κ1) is 16.8. The van der Waals surface area contributed by atoms with Crippen LogP contribution >= 0.6 is 34.8 Å². The smallest absolute Gasteiger partial charge is 0.229 e. The van der Waals surface area contributed by atoms with E-state index in [9.17, 15) is 0 Å². The van der Waals surface area contributed by atoms with Crippen LogP contribution < -0.4 is 10.6 Å². The van der Waals surface area contributed by atoms with Gasteiger partial charge in [-0.15, -0.1) is 0 Å². The van der Waals surface area contributed by atoms with Gasteiger partial charge in [0, 0.05) is 33.5 Å². The highest BCUT2D eigenvalue weighted by molar-refractivity contribution is 6.35. The molecular formula is C17H13Cl3N4. The van der Waals surface area contributed by atoms with Crippen LogP contribution in [0.1, 0.15) is 5.56 Å². The summed E-state index contributed by atoms with van der Waals surface area (Å²) in [5.41, 5.74) is 1.83. The van der Waals surface area contributed by atoms with Crippen LogP contribution in [-0.2, 0) is 6.54 Å². The van der Waals surface area contributed by atoms with Gasteiger partial charge in [-0.25, -0.2) is 4.98 Å². The average molecular weight is 380 g/mol. The number of hydrogen-bond donors (Lipinski definition) is 2. The summed E-state index contributed by atoms with van der Waals surface area (Å²) < 4.78 is 0. The molecule has 122 valence electrons. The Morgan fingerprint density at radius 1 is 0.833 bits per heavy atom. The van der Waals surface area contributed by atoms with E-state index in [0.29, 0.717) is 33.4 Å². The summed E-state index contributed by atoms with van der Waals surface area (Å²) in [5, 5.41) is 8.13.